The molecule has 3 nitrogen and oxygen atoms in total. The summed E-state index contributed by atoms with van der Waals surface area (Å²) in [6, 6.07) is 5.00. The minimum Gasteiger partial charge on any atom is -0.289 e. The first kappa shape index (κ1) is 10.7. The van der Waals surface area contributed by atoms with Gasteiger partial charge in [-0.15, -0.1) is 0 Å². The van der Waals surface area contributed by atoms with Gasteiger partial charge in [0.05, 0.1) is 11.7 Å². The number of carbonyl (C=O) groups excluding carboxylic acids is 1. The van der Waals surface area contributed by atoms with Crippen LogP contribution in [-0.2, 0) is 11.2 Å². The fraction of sp³-hybridized carbons (Fsp3) is 0.200. The second-order valence-corrected chi connectivity index (χ2v) is 3.30. The number of Topliss-reactive ketones (excluding diaryl/α,β-unsaturated/α-hetero) is 1. The predicted octanol–water partition coefficient (Wildman–Crippen LogP) is 2.01. The molecular formula is C10H7F3N2O. The fourth-order valence-corrected chi connectivity index (χ4v) is 1.40. The Kier molecular flexibility index (Phi) is 2.41. The second kappa shape index (κ2) is 3.62. The average molecular weight is 228 g/mol. The van der Waals surface area contributed by atoms with Gasteiger partial charge < -0.3 is 0 Å². The Labute approximate surface area is 88.5 Å². The molecule has 0 unspecified atom stereocenters. The molecule has 2 aromatic heterocycles. The van der Waals surface area contributed by atoms with Crippen LogP contribution in [0.2, 0.25) is 0 Å². The summed E-state index contributed by atoms with van der Waals surface area (Å²) >= 11 is 0. The Balaban J connectivity index is 2.32. The van der Waals surface area contributed by atoms with E-state index in [-0.39, 0.29) is 5.56 Å². The van der Waals surface area contributed by atoms with Crippen molar-refractivity contribution in [2.45, 2.75) is 12.6 Å². The van der Waals surface area contributed by atoms with Gasteiger partial charge in [0.2, 0.25) is 5.78 Å². The number of rotatable bonds is 2. The first-order valence-electron chi connectivity index (χ1n) is 4.50. The Morgan fingerprint density at radius 1 is 1.38 bits per heavy atom. The maximum absolute atomic E-state index is 12.1. The molecule has 2 heterocycles. The molecule has 0 aromatic carbocycles. The van der Waals surface area contributed by atoms with Gasteiger partial charge in [-0.3, -0.25) is 4.79 Å². The van der Waals surface area contributed by atoms with E-state index in [0.717, 1.165) is 0 Å². The highest BCUT2D eigenvalue weighted by Gasteiger charge is 2.38. The van der Waals surface area contributed by atoms with Gasteiger partial charge in [0, 0.05) is 18.2 Å². The number of aromatic nitrogens is 2. The molecule has 0 aliphatic heterocycles. The summed E-state index contributed by atoms with van der Waals surface area (Å²) in [6.07, 6.45) is -2.57. The molecule has 16 heavy (non-hydrogen) atoms. The van der Waals surface area contributed by atoms with Crippen molar-refractivity contribution in [3.05, 3.63) is 36.2 Å². The lowest BCUT2D eigenvalue weighted by atomic mass is 10.1. The standard InChI is InChI=1S/C10H7F3N2O/c11-10(12,13)9(16)5-7-6-14-15-4-2-1-3-8(7)15/h1-4,6H,5H2. The minimum absolute atomic E-state index is 0.280. The summed E-state index contributed by atoms with van der Waals surface area (Å²) in [5, 5.41) is 3.85. The van der Waals surface area contributed by atoms with Gasteiger partial charge in [-0.1, -0.05) is 6.07 Å². The van der Waals surface area contributed by atoms with Crippen molar-refractivity contribution < 1.29 is 18.0 Å². The third-order valence-corrected chi connectivity index (χ3v) is 2.17. The molecule has 0 N–H and O–H groups in total. The molecule has 0 fully saturated rings. The van der Waals surface area contributed by atoms with E-state index in [0.29, 0.717) is 5.52 Å². The van der Waals surface area contributed by atoms with Gasteiger partial charge in [0.15, 0.2) is 0 Å². The molecule has 0 amide bonds. The van der Waals surface area contributed by atoms with Crippen molar-refractivity contribution >= 4 is 11.3 Å². The van der Waals surface area contributed by atoms with E-state index < -0.39 is 18.4 Å². The Hall–Kier alpha value is -1.85. The summed E-state index contributed by atoms with van der Waals surface area (Å²) in [6.45, 7) is 0. The van der Waals surface area contributed by atoms with E-state index in [1.165, 1.54) is 10.7 Å². The highest BCUT2D eigenvalue weighted by atomic mass is 19.4. The van der Waals surface area contributed by atoms with Crippen LogP contribution < -0.4 is 0 Å². The third kappa shape index (κ3) is 1.91. The molecule has 6 heteroatoms. The van der Waals surface area contributed by atoms with Gasteiger partial charge >= 0.3 is 6.18 Å². The minimum atomic E-state index is -4.79. The highest BCUT2D eigenvalue weighted by Crippen LogP contribution is 2.20. The predicted molar refractivity (Wildman–Crippen MR) is 50.0 cm³/mol. The number of pyridine rings is 1. The van der Waals surface area contributed by atoms with Gasteiger partial charge in [-0.2, -0.15) is 18.3 Å². The molecule has 0 aliphatic carbocycles. The molecule has 84 valence electrons. The van der Waals surface area contributed by atoms with Crippen LogP contribution in [0.1, 0.15) is 5.56 Å². The van der Waals surface area contributed by atoms with E-state index in [4.69, 9.17) is 0 Å². The highest BCUT2D eigenvalue weighted by molar-refractivity contribution is 5.87. The molecule has 2 rings (SSSR count). The Morgan fingerprint density at radius 3 is 2.81 bits per heavy atom. The molecule has 0 saturated carbocycles. The van der Waals surface area contributed by atoms with Crippen molar-refractivity contribution in [2.75, 3.05) is 0 Å². The molecule has 0 bridgehead atoms. The third-order valence-electron chi connectivity index (χ3n) is 2.17. The summed E-state index contributed by atoms with van der Waals surface area (Å²) in [5.74, 6) is -1.76. The molecule has 0 spiro atoms. The van der Waals surface area contributed by atoms with Crippen molar-refractivity contribution in [2.24, 2.45) is 0 Å². The monoisotopic (exact) mass is 228 g/mol. The Bertz CT molecular complexity index is 530. The topological polar surface area (TPSA) is 34.4 Å². The number of fused-ring (bicyclic) bond motifs is 1. The van der Waals surface area contributed by atoms with Crippen molar-refractivity contribution in [1.82, 2.24) is 9.61 Å². The SMILES string of the molecule is O=C(Cc1cnn2ccccc12)C(F)(F)F. The van der Waals surface area contributed by atoms with E-state index in [1.54, 1.807) is 24.4 Å². The van der Waals surface area contributed by atoms with Crippen LogP contribution in [0.3, 0.4) is 0 Å². The lowest BCUT2D eigenvalue weighted by molar-refractivity contribution is -0.170. The molecular weight excluding hydrogens is 221 g/mol. The van der Waals surface area contributed by atoms with E-state index >= 15 is 0 Å². The van der Waals surface area contributed by atoms with E-state index in [1.807, 2.05) is 0 Å². The molecule has 0 aliphatic rings. The summed E-state index contributed by atoms with van der Waals surface area (Å²) in [5.41, 5.74) is 0.794. The number of hydrogen-bond donors (Lipinski definition) is 0. The second-order valence-electron chi connectivity index (χ2n) is 3.30. The lowest BCUT2D eigenvalue weighted by Crippen LogP contribution is -2.24. The number of hydrogen-bond acceptors (Lipinski definition) is 2. The van der Waals surface area contributed by atoms with Crippen molar-refractivity contribution in [3.63, 3.8) is 0 Å². The molecule has 0 radical (unpaired) electrons. The summed E-state index contributed by atoms with van der Waals surface area (Å²) in [7, 11) is 0. The normalized spacial score (nSPS) is 11.9. The van der Waals surface area contributed by atoms with Crippen LogP contribution in [0.25, 0.3) is 5.52 Å². The van der Waals surface area contributed by atoms with Crippen LogP contribution in [-0.4, -0.2) is 21.6 Å². The number of halogens is 3. The van der Waals surface area contributed by atoms with Gasteiger partial charge in [-0.05, 0) is 12.1 Å². The average Bonchev–Trinajstić information content (AvgIpc) is 2.61. The number of alkyl halides is 3. The van der Waals surface area contributed by atoms with Crippen molar-refractivity contribution in [3.8, 4) is 0 Å². The quantitative estimate of drug-likeness (QED) is 0.787. The van der Waals surface area contributed by atoms with Gasteiger partial charge in [0.1, 0.15) is 0 Å². The summed E-state index contributed by atoms with van der Waals surface area (Å²) in [4.78, 5) is 10.8. The maximum atomic E-state index is 12.1. The number of ketones is 1. The smallest absolute Gasteiger partial charge is 0.289 e. The van der Waals surface area contributed by atoms with Crippen LogP contribution in [0.5, 0.6) is 0 Å². The Morgan fingerprint density at radius 2 is 2.12 bits per heavy atom. The zero-order valence-electron chi connectivity index (χ0n) is 8.03. The molecule has 2 aromatic rings. The summed E-state index contributed by atoms with van der Waals surface area (Å²) < 4.78 is 37.6. The number of carbonyl (C=O) groups is 1. The van der Waals surface area contributed by atoms with Crippen molar-refractivity contribution in [1.29, 1.82) is 0 Å². The zero-order chi connectivity index (χ0) is 11.8. The molecule has 0 atom stereocenters. The van der Waals surface area contributed by atoms with Gasteiger partial charge in [0.25, 0.3) is 0 Å². The van der Waals surface area contributed by atoms with Crippen LogP contribution in [0, 0.1) is 0 Å². The maximum Gasteiger partial charge on any atom is 0.450 e. The number of nitrogens with zero attached hydrogens (tertiary/aromatic N) is 2. The van der Waals surface area contributed by atoms with Gasteiger partial charge in [-0.25, -0.2) is 4.52 Å². The first-order chi connectivity index (χ1) is 7.48. The van der Waals surface area contributed by atoms with Crippen LogP contribution in [0.4, 0.5) is 13.2 Å². The van der Waals surface area contributed by atoms with E-state index in [9.17, 15) is 18.0 Å². The largest absolute Gasteiger partial charge is 0.450 e. The van der Waals surface area contributed by atoms with E-state index in [2.05, 4.69) is 5.10 Å². The lowest BCUT2D eigenvalue weighted by Gasteiger charge is -2.03. The van der Waals surface area contributed by atoms with Crippen LogP contribution in [0.15, 0.2) is 30.6 Å². The molecule has 0 saturated heterocycles. The fourth-order valence-electron chi connectivity index (χ4n) is 1.40. The first-order valence-corrected chi connectivity index (χ1v) is 4.50. The van der Waals surface area contributed by atoms with Crippen LogP contribution >= 0.6 is 0 Å². The zero-order valence-corrected chi connectivity index (χ0v) is 8.03.